The third kappa shape index (κ3) is 4.22. The first kappa shape index (κ1) is 21.5. The van der Waals surface area contributed by atoms with Crippen LogP contribution in [0, 0.1) is 5.82 Å². The van der Waals surface area contributed by atoms with E-state index in [0.29, 0.717) is 0 Å². The lowest BCUT2D eigenvalue weighted by atomic mass is 9.83. The van der Waals surface area contributed by atoms with E-state index in [9.17, 15) is 27.2 Å². The Bertz CT molecular complexity index is 1010. The van der Waals surface area contributed by atoms with E-state index in [1.165, 1.54) is 42.2 Å². The molecule has 0 saturated heterocycles. The number of hydrogen-bond donors (Lipinski definition) is 0. The molecule has 0 fully saturated rings. The van der Waals surface area contributed by atoms with E-state index in [1.807, 2.05) is 0 Å². The SMILES string of the molecule is COC(=O)C1=C(C)N(Cc2ccccc2F)C(=O)C[C@H]1c1cccc(C(F)(F)F)c1. The van der Waals surface area contributed by atoms with E-state index in [1.54, 1.807) is 6.07 Å². The molecule has 1 atom stereocenters. The topological polar surface area (TPSA) is 46.6 Å². The second-order valence-corrected chi connectivity index (χ2v) is 6.94. The van der Waals surface area contributed by atoms with Gasteiger partial charge in [-0.15, -0.1) is 0 Å². The predicted octanol–water partition coefficient (Wildman–Crippen LogP) is 4.81. The second kappa shape index (κ2) is 8.30. The van der Waals surface area contributed by atoms with Crippen molar-refractivity contribution in [2.75, 3.05) is 7.11 Å². The van der Waals surface area contributed by atoms with Crippen LogP contribution in [-0.4, -0.2) is 23.9 Å². The molecule has 0 bridgehead atoms. The number of carbonyl (C=O) groups excluding carboxylic acids is 2. The van der Waals surface area contributed by atoms with Crippen LogP contribution in [0.4, 0.5) is 17.6 Å². The fourth-order valence-corrected chi connectivity index (χ4v) is 3.59. The molecule has 30 heavy (non-hydrogen) atoms. The Balaban J connectivity index is 2.06. The van der Waals surface area contributed by atoms with E-state index in [-0.39, 0.29) is 35.4 Å². The Labute approximate surface area is 170 Å². The molecule has 0 radical (unpaired) electrons. The highest BCUT2D eigenvalue weighted by molar-refractivity contribution is 5.95. The molecule has 3 rings (SSSR count). The van der Waals surface area contributed by atoms with Gasteiger partial charge in [0.25, 0.3) is 0 Å². The van der Waals surface area contributed by atoms with Crippen LogP contribution in [0.3, 0.4) is 0 Å². The average Bonchev–Trinajstić information content (AvgIpc) is 2.71. The maximum absolute atomic E-state index is 14.1. The fraction of sp³-hybridized carbons (Fsp3) is 0.273. The molecule has 1 aliphatic rings. The summed E-state index contributed by atoms with van der Waals surface area (Å²) >= 11 is 0. The van der Waals surface area contributed by atoms with Crippen molar-refractivity contribution in [2.45, 2.75) is 32.0 Å². The van der Waals surface area contributed by atoms with Crippen molar-refractivity contribution in [3.8, 4) is 0 Å². The average molecular weight is 421 g/mol. The Kier molecular flexibility index (Phi) is 5.96. The lowest BCUT2D eigenvalue weighted by Gasteiger charge is -2.34. The minimum absolute atomic E-state index is 0.0766. The first-order valence-corrected chi connectivity index (χ1v) is 9.13. The second-order valence-electron chi connectivity index (χ2n) is 6.94. The molecule has 1 aliphatic heterocycles. The highest BCUT2D eigenvalue weighted by Crippen LogP contribution is 2.39. The molecule has 1 amide bonds. The molecule has 0 unspecified atom stereocenters. The molecule has 0 aliphatic carbocycles. The van der Waals surface area contributed by atoms with Gasteiger partial charge in [0.2, 0.25) is 5.91 Å². The van der Waals surface area contributed by atoms with Crippen molar-refractivity contribution in [2.24, 2.45) is 0 Å². The van der Waals surface area contributed by atoms with Crippen LogP contribution in [0.25, 0.3) is 0 Å². The molecule has 4 nitrogen and oxygen atoms in total. The number of benzene rings is 2. The van der Waals surface area contributed by atoms with Gasteiger partial charge in [0.05, 0.1) is 24.8 Å². The van der Waals surface area contributed by atoms with Gasteiger partial charge in [0.15, 0.2) is 0 Å². The molecular formula is C22H19F4NO3. The largest absolute Gasteiger partial charge is 0.466 e. The van der Waals surface area contributed by atoms with Crippen LogP contribution in [0.1, 0.15) is 36.0 Å². The first-order valence-electron chi connectivity index (χ1n) is 9.13. The Morgan fingerprint density at radius 2 is 1.87 bits per heavy atom. The molecule has 158 valence electrons. The zero-order valence-electron chi connectivity index (χ0n) is 16.3. The number of rotatable bonds is 4. The molecule has 0 spiro atoms. The van der Waals surface area contributed by atoms with Gasteiger partial charge in [-0.05, 0) is 24.6 Å². The molecular weight excluding hydrogens is 402 g/mol. The zero-order valence-corrected chi connectivity index (χ0v) is 16.3. The Morgan fingerprint density at radius 3 is 2.50 bits per heavy atom. The summed E-state index contributed by atoms with van der Waals surface area (Å²) in [5.41, 5.74) is -0.130. The summed E-state index contributed by atoms with van der Waals surface area (Å²) in [6.07, 6.45) is -4.80. The normalized spacial score (nSPS) is 17.3. The summed E-state index contributed by atoms with van der Waals surface area (Å²) in [6, 6.07) is 10.5. The van der Waals surface area contributed by atoms with Gasteiger partial charge in [-0.2, -0.15) is 13.2 Å². The molecule has 8 heteroatoms. The minimum Gasteiger partial charge on any atom is -0.466 e. The first-order chi connectivity index (χ1) is 14.1. The number of halogens is 4. The van der Waals surface area contributed by atoms with Crippen LogP contribution in [0.2, 0.25) is 0 Å². The minimum atomic E-state index is -4.56. The van der Waals surface area contributed by atoms with Gasteiger partial charge < -0.3 is 9.64 Å². The lowest BCUT2D eigenvalue weighted by Crippen LogP contribution is -2.38. The van der Waals surface area contributed by atoms with E-state index in [0.717, 1.165) is 19.2 Å². The van der Waals surface area contributed by atoms with Crippen molar-refractivity contribution in [3.63, 3.8) is 0 Å². The third-order valence-electron chi connectivity index (χ3n) is 5.13. The zero-order chi connectivity index (χ0) is 22.1. The molecule has 2 aromatic rings. The summed E-state index contributed by atoms with van der Waals surface area (Å²) in [5.74, 6) is -2.58. The number of carbonyl (C=O) groups is 2. The van der Waals surface area contributed by atoms with Gasteiger partial charge in [0.1, 0.15) is 5.82 Å². The Hall–Kier alpha value is -3.16. The highest BCUT2D eigenvalue weighted by atomic mass is 19.4. The van der Waals surface area contributed by atoms with Gasteiger partial charge >= 0.3 is 12.1 Å². The van der Waals surface area contributed by atoms with Crippen LogP contribution < -0.4 is 0 Å². The van der Waals surface area contributed by atoms with Crippen LogP contribution in [-0.2, 0) is 27.0 Å². The van der Waals surface area contributed by atoms with E-state index in [2.05, 4.69) is 0 Å². The monoisotopic (exact) mass is 421 g/mol. The summed E-state index contributed by atoms with van der Waals surface area (Å²) < 4.78 is 58.3. The maximum atomic E-state index is 14.1. The number of nitrogens with zero attached hydrogens (tertiary/aromatic N) is 1. The maximum Gasteiger partial charge on any atom is 0.416 e. The molecule has 0 aromatic heterocycles. The van der Waals surface area contributed by atoms with Crippen LogP contribution in [0.15, 0.2) is 59.8 Å². The van der Waals surface area contributed by atoms with Gasteiger partial charge in [-0.3, -0.25) is 4.79 Å². The summed E-state index contributed by atoms with van der Waals surface area (Å²) in [4.78, 5) is 26.6. The summed E-state index contributed by atoms with van der Waals surface area (Å²) in [7, 11) is 1.16. The number of hydrogen-bond acceptors (Lipinski definition) is 3. The van der Waals surface area contributed by atoms with Gasteiger partial charge in [-0.1, -0.05) is 36.4 Å². The Morgan fingerprint density at radius 1 is 1.17 bits per heavy atom. The molecule has 0 N–H and O–H groups in total. The molecule has 0 saturated carbocycles. The fourth-order valence-electron chi connectivity index (χ4n) is 3.59. The number of ether oxygens (including phenoxy) is 1. The third-order valence-corrected chi connectivity index (χ3v) is 5.13. The smallest absolute Gasteiger partial charge is 0.416 e. The van der Waals surface area contributed by atoms with E-state index in [4.69, 9.17) is 4.74 Å². The van der Waals surface area contributed by atoms with Crippen molar-refractivity contribution in [3.05, 3.63) is 82.3 Å². The standard InChI is InChI=1S/C22H19F4NO3/c1-13-20(21(29)30-2)17(14-7-5-8-16(10-14)22(24,25)26)11-19(28)27(13)12-15-6-3-4-9-18(15)23/h3-10,17H,11-12H2,1-2H3/t17-/m0/s1. The van der Waals surface area contributed by atoms with E-state index >= 15 is 0 Å². The summed E-state index contributed by atoms with van der Waals surface area (Å²) in [5, 5.41) is 0. The van der Waals surface area contributed by atoms with Crippen molar-refractivity contribution < 1.29 is 31.9 Å². The van der Waals surface area contributed by atoms with Gasteiger partial charge in [0, 0.05) is 23.6 Å². The highest BCUT2D eigenvalue weighted by Gasteiger charge is 2.38. The number of allylic oxidation sites excluding steroid dienone is 1. The van der Waals surface area contributed by atoms with E-state index < -0.39 is 35.4 Å². The number of methoxy groups -OCH3 is 1. The number of esters is 1. The molecule has 1 heterocycles. The quantitative estimate of drug-likeness (QED) is 0.526. The number of alkyl halides is 3. The lowest BCUT2D eigenvalue weighted by molar-refractivity contribution is -0.138. The van der Waals surface area contributed by atoms with Crippen molar-refractivity contribution in [1.82, 2.24) is 4.90 Å². The van der Waals surface area contributed by atoms with Crippen molar-refractivity contribution in [1.29, 1.82) is 0 Å². The number of amides is 1. The molecule has 2 aromatic carbocycles. The predicted molar refractivity (Wildman–Crippen MR) is 100 cm³/mol. The van der Waals surface area contributed by atoms with Gasteiger partial charge in [-0.25, -0.2) is 9.18 Å². The summed E-state index contributed by atoms with van der Waals surface area (Å²) in [6.45, 7) is 1.40. The van der Waals surface area contributed by atoms with Crippen molar-refractivity contribution >= 4 is 11.9 Å². The van der Waals surface area contributed by atoms with Crippen LogP contribution in [0.5, 0.6) is 0 Å². The van der Waals surface area contributed by atoms with Crippen LogP contribution >= 0.6 is 0 Å².